The van der Waals surface area contributed by atoms with E-state index in [1.807, 2.05) is 68.4 Å². The monoisotopic (exact) mass is 362 g/mol. The highest BCUT2D eigenvalue weighted by Crippen LogP contribution is 2.14. The van der Waals surface area contributed by atoms with Gasteiger partial charge < -0.3 is 15.4 Å². The maximum absolute atomic E-state index is 11.9. The van der Waals surface area contributed by atoms with Gasteiger partial charge in [-0.2, -0.15) is 0 Å². The fourth-order valence-electron chi connectivity index (χ4n) is 2.46. The van der Waals surface area contributed by atoms with Crippen LogP contribution in [0, 0.1) is 5.92 Å². The van der Waals surface area contributed by atoms with E-state index in [9.17, 15) is 4.79 Å². The summed E-state index contributed by atoms with van der Waals surface area (Å²) in [6.45, 7) is 5.28. The third-order valence-corrected chi connectivity index (χ3v) is 3.89. The van der Waals surface area contributed by atoms with Gasteiger partial charge in [0.2, 0.25) is 5.91 Å². The van der Waals surface area contributed by atoms with Crippen molar-refractivity contribution in [2.75, 3.05) is 7.05 Å². The topological polar surface area (TPSA) is 50.4 Å². The second-order valence-corrected chi connectivity index (χ2v) is 6.14. The van der Waals surface area contributed by atoms with Crippen molar-refractivity contribution in [3.8, 4) is 5.75 Å². The number of hydrogen-bond donors (Lipinski definition) is 2. The van der Waals surface area contributed by atoms with Gasteiger partial charge in [-0.3, -0.25) is 4.79 Å². The molecule has 0 spiro atoms. The first-order valence-corrected chi connectivity index (χ1v) is 8.31. The number of nitrogens with one attached hydrogen (secondary N) is 2. The van der Waals surface area contributed by atoms with Crippen LogP contribution in [-0.2, 0) is 17.9 Å². The minimum Gasteiger partial charge on any atom is -0.489 e. The van der Waals surface area contributed by atoms with Gasteiger partial charge in [0.05, 0.1) is 6.04 Å². The molecule has 4 nitrogen and oxygen atoms in total. The maximum Gasteiger partial charge on any atom is 0.237 e. The Labute approximate surface area is 156 Å². The van der Waals surface area contributed by atoms with Gasteiger partial charge in [-0.1, -0.05) is 56.3 Å². The summed E-state index contributed by atoms with van der Waals surface area (Å²) in [6, 6.07) is 17.9. The van der Waals surface area contributed by atoms with Gasteiger partial charge in [-0.05, 0) is 29.2 Å². The molecule has 0 bridgehead atoms. The van der Waals surface area contributed by atoms with Crippen LogP contribution in [0.3, 0.4) is 0 Å². The molecule has 0 radical (unpaired) electrons. The molecule has 2 aromatic carbocycles. The van der Waals surface area contributed by atoms with Gasteiger partial charge in [0.25, 0.3) is 0 Å². The molecule has 0 aliphatic heterocycles. The van der Waals surface area contributed by atoms with Crippen LogP contribution >= 0.6 is 12.4 Å². The highest BCUT2D eigenvalue weighted by atomic mass is 35.5. The first-order chi connectivity index (χ1) is 11.6. The first-order valence-electron chi connectivity index (χ1n) is 8.31. The van der Waals surface area contributed by atoms with Crippen molar-refractivity contribution in [1.29, 1.82) is 0 Å². The predicted molar refractivity (Wildman–Crippen MR) is 104 cm³/mol. The number of halogens is 1. The molecule has 0 aliphatic rings. The Kier molecular flexibility index (Phi) is 9.03. The minimum absolute atomic E-state index is 0. The van der Waals surface area contributed by atoms with E-state index in [1.54, 1.807) is 7.05 Å². The standard InChI is InChI=1S/C20H26N2O2.ClH/c1-15(2)19(20(23)21-3)22-13-16-9-11-18(12-10-16)24-14-17-7-5-4-6-8-17;/h4-12,15,19,22H,13-14H2,1-3H3,(H,21,23);1H/t19-;/m0./s1. The molecule has 136 valence electrons. The number of amides is 1. The molecule has 0 aromatic heterocycles. The molecule has 0 unspecified atom stereocenters. The van der Waals surface area contributed by atoms with Crippen LogP contribution in [0.25, 0.3) is 0 Å². The Morgan fingerprint density at radius 3 is 2.20 bits per heavy atom. The van der Waals surface area contributed by atoms with Crippen molar-refractivity contribution in [1.82, 2.24) is 10.6 Å². The lowest BCUT2D eigenvalue weighted by molar-refractivity contribution is -0.123. The van der Waals surface area contributed by atoms with Crippen molar-refractivity contribution in [3.05, 3.63) is 65.7 Å². The van der Waals surface area contributed by atoms with Gasteiger partial charge in [0.15, 0.2) is 0 Å². The number of carbonyl (C=O) groups excluding carboxylic acids is 1. The van der Waals surface area contributed by atoms with E-state index in [0.717, 1.165) is 16.9 Å². The van der Waals surface area contributed by atoms with Crippen molar-refractivity contribution in [3.63, 3.8) is 0 Å². The Bertz CT molecular complexity index is 630. The van der Waals surface area contributed by atoms with Gasteiger partial charge in [0.1, 0.15) is 12.4 Å². The normalized spacial score (nSPS) is 11.5. The van der Waals surface area contributed by atoms with Crippen molar-refractivity contribution < 1.29 is 9.53 Å². The summed E-state index contributed by atoms with van der Waals surface area (Å²) in [4.78, 5) is 11.9. The average molecular weight is 363 g/mol. The Balaban J connectivity index is 0.00000312. The summed E-state index contributed by atoms with van der Waals surface area (Å²) >= 11 is 0. The van der Waals surface area contributed by atoms with Crippen LogP contribution in [0.2, 0.25) is 0 Å². The maximum atomic E-state index is 11.9. The van der Waals surface area contributed by atoms with Gasteiger partial charge in [-0.25, -0.2) is 0 Å². The molecule has 0 heterocycles. The highest BCUT2D eigenvalue weighted by molar-refractivity contribution is 5.85. The highest BCUT2D eigenvalue weighted by Gasteiger charge is 2.19. The van der Waals surface area contributed by atoms with Crippen LogP contribution in [0.1, 0.15) is 25.0 Å². The number of rotatable bonds is 8. The van der Waals surface area contributed by atoms with E-state index in [2.05, 4.69) is 10.6 Å². The zero-order valence-corrected chi connectivity index (χ0v) is 15.8. The summed E-state index contributed by atoms with van der Waals surface area (Å²) < 4.78 is 5.78. The SMILES string of the molecule is CNC(=O)[C@@H](NCc1ccc(OCc2ccccc2)cc1)C(C)C.Cl. The van der Waals surface area contributed by atoms with E-state index < -0.39 is 0 Å². The molecule has 1 atom stereocenters. The van der Waals surface area contributed by atoms with Gasteiger partial charge >= 0.3 is 0 Å². The number of ether oxygens (including phenoxy) is 1. The molecule has 2 aromatic rings. The molecular formula is C20H27ClN2O2. The quantitative estimate of drug-likeness (QED) is 0.755. The Hall–Kier alpha value is -2.04. The molecule has 25 heavy (non-hydrogen) atoms. The number of likely N-dealkylation sites (N-methyl/N-ethyl adjacent to an activating group) is 1. The lowest BCUT2D eigenvalue weighted by atomic mass is 10.0. The molecule has 0 saturated carbocycles. The molecule has 5 heteroatoms. The molecule has 2 rings (SSSR count). The Morgan fingerprint density at radius 1 is 1.00 bits per heavy atom. The van der Waals surface area contributed by atoms with Crippen LogP contribution in [-0.4, -0.2) is 19.0 Å². The van der Waals surface area contributed by atoms with Crippen molar-refractivity contribution in [2.45, 2.75) is 33.0 Å². The average Bonchev–Trinajstić information content (AvgIpc) is 2.61. The number of hydrogen-bond acceptors (Lipinski definition) is 3. The van der Waals surface area contributed by atoms with Crippen LogP contribution in [0.5, 0.6) is 5.75 Å². The third-order valence-electron chi connectivity index (χ3n) is 3.89. The van der Waals surface area contributed by atoms with Gasteiger partial charge in [0, 0.05) is 13.6 Å². The summed E-state index contributed by atoms with van der Waals surface area (Å²) in [5, 5.41) is 6.01. The molecule has 1 amide bonds. The minimum atomic E-state index is -0.191. The van der Waals surface area contributed by atoms with E-state index >= 15 is 0 Å². The molecule has 2 N–H and O–H groups in total. The fraction of sp³-hybridized carbons (Fsp3) is 0.350. The zero-order chi connectivity index (χ0) is 17.4. The smallest absolute Gasteiger partial charge is 0.237 e. The molecule has 0 saturated heterocycles. The summed E-state index contributed by atoms with van der Waals surface area (Å²) in [6.07, 6.45) is 0. The lowest BCUT2D eigenvalue weighted by Crippen LogP contribution is -2.45. The number of benzene rings is 2. The summed E-state index contributed by atoms with van der Waals surface area (Å²) in [5.74, 6) is 1.10. The molecule has 0 aliphatic carbocycles. The first kappa shape index (κ1) is 21.0. The van der Waals surface area contributed by atoms with Crippen LogP contribution in [0.4, 0.5) is 0 Å². The van der Waals surface area contributed by atoms with Gasteiger partial charge in [-0.15, -0.1) is 12.4 Å². The molecule has 0 fully saturated rings. The Morgan fingerprint density at radius 2 is 1.64 bits per heavy atom. The van der Waals surface area contributed by atoms with Crippen molar-refractivity contribution in [2.24, 2.45) is 5.92 Å². The molecular weight excluding hydrogens is 336 g/mol. The number of carbonyl (C=O) groups is 1. The largest absolute Gasteiger partial charge is 0.489 e. The summed E-state index contributed by atoms with van der Waals surface area (Å²) in [5.41, 5.74) is 2.27. The van der Waals surface area contributed by atoms with Crippen LogP contribution < -0.4 is 15.4 Å². The third kappa shape index (κ3) is 6.77. The summed E-state index contributed by atoms with van der Waals surface area (Å²) in [7, 11) is 1.66. The second-order valence-electron chi connectivity index (χ2n) is 6.14. The fourth-order valence-corrected chi connectivity index (χ4v) is 2.46. The second kappa shape index (κ2) is 10.7. The van der Waals surface area contributed by atoms with E-state index in [0.29, 0.717) is 13.2 Å². The van der Waals surface area contributed by atoms with E-state index in [4.69, 9.17) is 4.74 Å². The van der Waals surface area contributed by atoms with Crippen molar-refractivity contribution >= 4 is 18.3 Å². The van der Waals surface area contributed by atoms with E-state index in [1.165, 1.54) is 0 Å². The van der Waals surface area contributed by atoms with E-state index in [-0.39, 0.29) is 30.3 Å². The predicted octanol–water partition coefficient (Wildman–Crippen LogP) is 3.55. The van der Waals surface area contributed by atoms with Crippen LogP contribution in [0.15, 0.2) is 54.6 Å². The lowest BCUT2D eigenvalue weighted by Gasteiger charge is -2.20. The zero-order valence-electron chi connectivity index (χ0n) is 15.0.